The van der Waals surface area contributed by atoms with E-state index < -0.39 is 0 Å². The van der Waals surface area contributed by atoms with Crippen LogP contribution >= 0.6 is 0 Å². The topological polar surface area (TPSA) is 33.1 Å². The second kappa shape index (κ2) is 6.93. The Morgan fingerprint density at radius 3 is 2.62 bits per heavy atom. The van der Waals surface area contributed by atoms with Crippen molar-refractivity contribution in [2.75, 3.05) is 13.1 Å². The van der Waals surface area contributed by atoms with Crippen LogP contribution in [0.3, 0.4) is 0 Å². The van der Waals surface area contributed by atoms with E-state index in [0.717, 1.165) is 26.1 Å². The molecule has 0 radical (unpaired) electrons. The highest BCUT2D eigenvalue weighted by molar-refractivity contribution is 5.10. The predicted octanol–water partition coefficient (Wildman–Crippen LogP) is 2.73. The Kier molecular flexibility index (Phi) is 5.44. The van der Waals surface area contributed by atoms with Crippen LogP contribution in [0.5, 0.6) is 0 Å². The van der Waals surface area contributed by atoms with Gasteiger partial charge in [0.05, 0.1) is 11.4 Å². The second-order valence-electron chi connectivity index (χ2n) is 6.56. The number of hydrogen-bond acceptors (Lipinski definition) is 3. The minimum absolute atomic E-state index is 0.275. The van der Waals surface area contributed by atoms with Crippen molar-refractivity contribution in [3.8, 4) is 0 Å². The minimum atomic E-state index is 0.275. The minimum Gasteiger partial charge on any atom is -0.310 e. The highest BCUT2D eigenvalue weighted by atomic mass is 15.3. The zero-order valence-electron chi connectivity index (χ0n) is 14.4. The van der Waals surface area contributed by atoms with Gasteiger partial charge in [-0.05, 0) is 45.2 Å². The average Bonchev–Trinajstić information content (AvgIpc) is 2.76. The lowest BCUT2D eigenvalue weighted by atomic mass is 9.92. The maximum atomic E-state index is 4.59. The Hall–Kier alpha value is -0.870. The summed E-state index contributed by atoms with van der Waals surface area (Å²) in [5.41, 5.74) is 2.81. The van der Waals surface area contributed by atoms with E-state index in [1.165, 1.54) is 30.7 Å². The summed E-state index contributed by atoms with van der Waals surface area (Å²) >= 11 is 0. The van der Waals surface area contributed by atoms with Gasteiger partial charge >= 0.3 is 0 Å². The fourth-order valence-electron chi connectivity index (χ4n) is 3.36. The molecular weight excluding hydrogens is 260 g/mol. The Bertz CT molecular complexity index is 448. The van der Waals surface area contributed by atoms with Crippen molar-refractivity contribution in [3.63, 3.8) is 0 Å². The first-order valence-corrected chi connectivity index (χ1v) is 8.54. The van der Waals surface area contributed by atoms with Crippen LogP contribution in [0.25, 0.3) is 0 Å². The summed E-state index contributed by atoms with van der Waals surface area (Å²) in [5, 5.41) is 8.40. The van der Waals surface area contributed by atoms with Gasteiger partial charge < -0.3 is 5.32 Å². The average molecular weight is 292 g/mol. The normalized spacial score (nSPS) is 23.2. The van der Waals surface area contributed by atoms with Gasteiger partial charge in [-0.2, -0.15) is 5.10 Å². The van der Waals surface area contributed by atoms with Gasteiger partial charge in [0.1, 0.15) is 0 Å². The molecule has 1 atom stereocenters. The van der Waals surface area contributed by atoms with Crippen molar-refractivity contribution in [1.29, 1.82) is 0 Å². The molecule has 120 valence electrons. The number of aryl methyl sites for hydroxylation is 2. The molecule has 0 aromatic carbocycles. The van der Waals surface area contributed by atoms with Crippen molar-refractivity contribution >= 4 is 0 Å². The number of rotatable bonds is 5. The third kappa shape index (κ3) is 3.67. The van der Waals surface area contributed by atoms with Crippen LogP contribution in [0, 0.1) is 0 Å². The van der Waals surface area contributed by atoms with Crippen molar-refractivity contribution in [2.24, 2.45) is 7.05 Å². The molecule has 0 aliphatic carbocycles. The third-order valence-corrected chi connectivity index (χ3v) is 5.30. The number of hydrogen-bond donors (Lipinski definition) is 1. The molecule has 2 rings (SSSR count). The van der Waals surface area contributed by atoms with Crippen LogP contribution < -0.4 is 5.32 Å². The Labute approximate surface area is 129 Å². The van der Waals surface area contributed by atoms with Crippen LogP contribution in [0.4, 0.5) is 0 Å². The highest BCUT2D eigenvalue weighted by Crippen LogP contribution is 2.24. The van der Waals surface area contributed by atoms with E-state index in [-0.39, 0.29) is 5.54 Å². The first kappa shape index (κ1) is 16.5. The highest BCUT2D eigenvalue weighted by Gasteiger charge is 2.33. The molecule has 1 N–H and O–H groups in total. The molecule has 0 spiro atoms. The molecule has 1 unspecified atom stereocenters. The van der Waals surface area contributed by atoms with E-state index in [2.05, 4.69) is 60.8 Å². The van der Waals surface area contributed by atoms with E-state index in [9.17, 15) is 0 Å². The van der Waals surface area contributed by atoms with Crippen LogP contribution in [0.1, 0.15) is 58.3 Å². The predicted molar refractivity (Wildman–Crippen MR) is 88.4 cm³/mol. The van der Waals surface area contributed by atoms with Gasteiger partial charge in [0.15, 0.2) is 0 Å². The molecule has 1 aliphatic heterocycles. The van der Waals surface area contributed by atoms with Crippen molar-refractivity contribution in [2.45, 2.75) is 71.5 Å². The summed E-state index contributed by atoms with van der Waals surface area (Å²) in [5.74, 6) is 0. The molecule has 1 saturated heterocycles. The van der Waals surface area contributed by atoms with Crippen LogP contribution in [-0.4, -0.2) is 39.4 Å². The van der Waals surface area contributed by atoms with Crippen molar-refractivity contribution in [3.05, 3.63) is 17.5 Å². The lowest BCUT2D eigenvalue weighted by molar-refractivity contribution is 0.149. The number of aromatic nitrogens is 2. The number of nitrogens with one attached hydrogen (secondary N) is 1. The van der Waals surface area contributed by atoms with E-state index in [1.54, 1.807) is 0 Å². The Balaban J connectivity index is 2.16. The monoisotopic (exact) mass is 292 g/mol. The summed E-state index contributed by atoms with van der Waals surface area (Å²) in [6.45, 7) is 12.4. The molecule has 0 bridgehead atoms. The summed E-state index contributed by atoms with van der Waals surface area (Å²) < 4.78 is 2.06. The molecule has 1 fully saturated rings. The van der Waals surface area contributed by atoms with Crippen LogP contribution in [0.2, 0.25) is 0 Å². The molecule has 0 amide bonds. The smallest absolute Gasteiger partial charge is 0.0625 e. The maximum absolute atomic E-state index is 4.59. The van der Waals surface area contributed by atoms with Gasteiger partial charge in [-0.3, -0.25) is 9.58 Å². The zero-order chi connectivity index (χ0) is 15.5. The summed E-state index contributed by atoms with van der Waals surface area (Å²) in [7, 11) is 2.07. The molecular formula is C17H32N4. The number of nitrogens with zero attached hydrogens (tertiary/aromatic N) is 3. The van der Waals surface area contributed by atoms with E-state index in [1.807, 2.05) is 0 Å². The van der Waals surface area contributed by atoms with Gasteiger partial charge in [-0.15, -0.1) is 0 Å². The largest absolute Gasteiger partial charge is 0.310 e. The second-order valence-corrected chi connectivity index (χ2v) is 6.56. The summed E-state index contributed by atoms with van der Waals surface area (Å²) in [6, 6.07) is 2.89. The van der Waals surface area contributed by atoms with Gasteiger partial charge in [0.25, 0.3) is 0 Å². The molecule has 21 heavy (non-hydrogen) atoms. The van der Waals surface area contributed by atoms with Gasteiger partial charge in [-0.25, -0.2) is 0 Å². The molecule has 2 heterocycles. The third-order valence-electron chi connectivity index (χ3n) is 5.30. The quantitative estimate of drug-likeness (QED) is 0.906. The molecule has 4 nitrogen and oxygen atoms in total. The van der Waals surface area contributed by atoms with Gasteiger partial charge in [0.2, 0.25) is 0 Å². The van der Waals surface area contributed by atoms with E-state index in [0.29, 0.717) is 6.04 Å². The molecule has 4 heteroatoms. The standard InChI is InChI=1S/C17H32N4/c1-6-15-11-16(20(5)19-15)12-21-13-17(7-2,8-3)18-10-9-14(21)4/h11,14,18H,6-10,12-13H2,1-5H3. The molecule has 1 aromatic heterocycles. The fraction of sp³-hybridized carbons (Fsp3) is 0.824. The molecule has 1 aromatic rings. The molecule has 1 aliphatic rings. The Morgan fingerprint density at radius 1 is 1.33 bits per heavy atom. The van der Waals surface area contributed by atoms with Crippen molar-refractivity contribution in [1.82, 2.24) is 20.0 Å². The SMILES string of the molecule is CCc1cc(CN2CC(CC)(CC)NCCC2C)n(C)n1. The first-order valence-electron chi connectivity index (χ1n) is 8.54. The van der Waals surface area contributed by atoms with E-state index in [4.69, 9.17) is 0 Å². The summed E-state index contributed by atoms with van der Waals surface area (Å²) in [4.78, 5) is 2.64. The van der Waals surface area contributed by atoms with Crippen LogP contribution in [-0.2, 0) is 20.0 Å². The van der Waals surface area contributed by atoms with Gasteiger partial charge in [0, 0.05) is 31.7 Å². The zero-order valence-corrected chi connectivity index (χ0v) is 14.4. The maximum Gasteiger partial charge on any atom is 0.0625 e. The van der Waals surface area contributed by atoms with Crippen molar-refractivity contribution < 1.29 is 0 Å². The van der Waals surface area contributed by atoms with E-state index >= 15 is 0 Å². The van der Waals surface area contributed by atoms with Crippen LogP contribution in [0.15, 0.2) is 6.07 Å². The first-order chi connectivity index (χ1) is 10.0. The molecule has 0 saturated carbocycles. The van der Waals surface area contributed by atoms with Gasteiger partial charge in [-0.1, -0.05) is 20.8 Å². The Morgan fingerprint density at radius 2 is 2.05 bits per heavy atom. The fourth-order valence-corrected chi connectivity index (χ4v) is 3.36. The lowest BCUT2D eigenvalue weighted by Crippen LogP contribution is -2.51. The lowest BCUT2D eigenvalue weighted by Gasteiger charge is -2.37. The summed E-state index contributed by atoms with van der Waals surface area (Å²) in [6.07, 6.45) is 4.62.